The molecular formula is C14H22N2O2S. The summed E-state index contributed by atoms with van der Waals surface area (Å²) in [5.74, 6) is 0. The number of sulfonamides is 1. The molecule has 0 saturated heterocycles. The van der Waals surface area contributed by atoms with Crippen LogP contribution < -0.4 is 10.0 Å². The fraction of sp³-hybridized carbons (Fsp3) is 0.571. The minimum absolute atomic E-state index is 0.205. The maximum absolute atomic E-state index is 12.2. The zero-order valence-electron chi connectivity index (χ0n) is 11.5. The van der Waals surface area contributed by atoms with Gasteiger partial charge in [-0.3, -0.25) is 4.72 Å². The van der Waals surface area contributed by atoms with Crippen LogP contribution in [-0.4, -0.2) is 20.7 Å². The molecule has 0 spiro atoms. The standard InChI is InChI=1S/C14H22N2O2S/c1-11(15-2)12-6-5-7-13(10-12)16-19(17,18)14-8-3-4-9-14/h5-7,10-11,14-16H,3-4,8-9H2,1-2H3. The van der Waals surface area contributed by atoms with Crippen LogP contribution in [0.15, 0.2) is 24.3 Å². The largest absolute Gasteiger partial charge is 0.313 e. The van der Waals surface area contributed by atoms with Crippen LogP contribution in [0.2, 0.25) is 0 Å². The van der Waals surface area contributed by atoms with Gasteiger partial charge < -0.3 is 5.32 Å². The quantitative estimate of drug-likeness (QED) is 0.873. The first kappa shape index (κ1) is 14.3. The van der Waals surface area contributed by atoms with E-state index in [-0.39, 0.29) is 11.3 Å². The van der Waals surface area contributed by atoms with Crippen LogP contribution in [0.4, 0.5) is 5.69 Å². The Kier molecular flexibility index (Phi) is 4.47. The van der Waals surface area contributed by atoms with Gasteiger partial charge in [-0.2, -0.15) is 0 Å². The van der Waals surface area contributed by atoms with Gasteiger partial charge in [0, 0.05) is 11.7 Å². The molecule has 0 heterocycles. The van der Waals surface area contributed by atoms with Crippen molar-refractivity contribution in [1.82, 2.24) is 5.32 Å². The molecular weight excluding hydrogens is 260 g/mol. The lowest BCUT2D eigenvalue weighted by Crippen LogP contribution is -2.25. The van der Waals surface area contributed by atoms with E-state index >= 15 is 0 Å². The normalized spacial score (nSPS) is 18.4. The third kappa shape index (κ3) is 3.48. The fourth-order valence-electron chi connectivity index (χ4n) is 2.48. The molecule has 4 nitrogen and oxygen atoms in total. The number of nitrogens with one attached hydrogen (secondary N) is 2. The van der Waals surface area contributed by atoms with E-state index in [9.17, 15) is 8.42 Å². The van der Waals surface area contributed by atoms with Crippen molar-refractivity contribution in [3.63, 3.8) is 0 Å². The van der Waals surface area contributed by atoms with E-state index in [0.717, 1.165) is 31.2 Å². The molecule has 1 atom stereocenters. The van der Waals surface area contributed by atoms with Crippen molar-refractivity contribution >= 4 is 15.7 Å². The van der Waals surface area contributed by atoms with Crippen LogP contribution in [-0.2, 0) is 10.0 Å². The van der Waals surface area contributed by atoms with Gasteiger partial charge >= 0.3 is 0 Å². The van der Waals surface area contributed by atoms with Crippen LogP contribution in [0.3, 0.4) is 0 Å². The molecule has 0 amide bonds. The molecule has 1 saturated carbocycles. The first-order valence-corrected chi connectivity index (χ1v) is 8.36. The van der Waals surface area contributed by atoms with E-state index in [0.29, 0.717) is 5.69 Å². The van der Waals surface area contributed by atoms with Crippen LogP contribution in [0.5, 0.6) is 0 Å². The van der Waals surface area contributed by atoms with Gasteiger partial charge in [-0.05, 0) is 44.5 Å². The summed E-state index contributed by atoms with van der Waals surface area (Å²) in [5.41, 5.74) is 1.74. The molecule has 5 heteroatoms. The third-order valence-corrected chi connectivity index (χ3v) is 5.69. The van der Waals surface area contributed by atoms with E-state index in [1.807, 2.05) is 32.2 Å². The Bertz CT molecular complexity index is 522. The number of benzene rings is 1. The highest BCUT2D eigenvalue weighted by molar-refractivity contribution is 7.93. The Hall–Kier alpha value is -1.07. The first-order valence-electron chi connectivity index (χ1n) is 6.82. The van der Waals surface area contributed by atoms with Crippen molar-refractivity contribution in [2.45, 2.75) is 43.9 Å². The van der Waals surface area contributed by atoms with Gasteiger partial charge in [0.1, 0.15) is 0 Å². The van der Waals surface area contributed by atoms with Gasteiger partial charge in [0.25, 0.3) is 0 Å². The van der Waals surface area contributed by atoms with Gasteiger partial charge in [0.05, 0.1) is 5.25 Å². The van der Waals surface area contributed by atoms with Crippen LogP contribution in [0.1, 0.15) is 44.2 Å². The smallest absolute Gasteiger partial charge is 0.235 e. The molecule has 1 fully saturated rings. The van der Waals surface area contributed by atoms with E-state index in [1.54, 1.807) is 6.07 Å². The predicted molar refractivity (Wildman–Crippen MR) is 78.7 cm³/mol. The van der Waals surface area contributed by atoms with Gasteiger partial charge in [-0.25, -0.2) is 8.42 Å². The molecule has 1 aromatic carbocycles. The number of hydrogen-bond donors (Lipinski definition) is 2. The monoisotopic (exact) mass is 282 g/mol. The molecule has 1 aliphatic rings. The number of hydrogen-bond acceptors (Lipinski definition) is 3. The summed E-state index contributed by atoms with van der Waals surface area (Å²) in [4.78, 5) is 0. The summed E-state index contributed by atoms with van der Waals surface area (Å²) < 4.78 is 27.2. The van der Waals surface area contributed by atoms with Crippen LogP contribution >= 0.6 is 0 Å². The Balaban J connectivity index is 2.14. The molecule has 1 aliphatic carbocycles. The Morgan fingerprint density at radius 2 is 1.95 bits per heavy atom. The van der Waals surface area contributed by atoms with Gasteiger partial charge in [-0.1, -0.05) is 25.0 Å². The summed E-state index contributed by atoms with van der Waals surface area (Å²) in [7, 11) is -1.34. The second-order valence-electron chi connectivity index (χ2n) is 5.19. The second-order valence-corrected chi connectivity index (χ2v) is 7.15. The van der Waals surface area contributed by atoms with Crippen LogP contribution in [0, 0.1) is 0 Å². The highest BCUT2D eigenvalue weighted by Gasteiger charge is 2.28. The lowest BCUT2D eigenvalue weighted by molar-refractivity contribution is 0.585. The Labute approximate surface area is 115 Å². The number of anilines is 1. The molecule has 1 aromatic rings. The molecule has 1 unspecified atom stereocenters. The third-order valence-electron chi connectivity index (χ3n) is 3.82. The minimum atomic E-state index is -3.23. The maximum Gasteiger partial charge on any atom is 0.235 e. The average Bonchev–Trinajstić information content (AvgIpc) is 2.92. The van der Waals surface area contributed by atoms with E-state index in [4.69, 9.17) is 0 Å². The highest BCUT2D eigenvalue weighted by Crippen LogP contribution is 2.26. The van der Waals surface area contributed by atoms with E-state index < -0.39 is 10.0 Å². The summed E-state index contributed by atoms with van der Waals surface area (Å²) in [6, 6.07) is 7.78. The Morgan fingerprint density at radius 3 is 2.58 bits per heavy atom. The fourth-order valence-corrected chi connectivity index (χ4v) is 4.06. The average molecular weight is 282 g/mol. The zero-order valence-corrected chi connectivity index (χ0v) is 12.3. The SMILES string of the molecule is CNC(C)c1cccc(NS(=O)(=O)C2CCCC2)c1. The van der Waals surface area contributed by atoms with E-state index in [2.05, 4.69) is 10.0 Å². The van der Waals surface area contributed by atoms with Crippen molar-refractivity contribution < 1.29 is 8.42 Å². The second kappa shape index (κ2) is 5.92. The predicted octanol–water partition coefficient (Wildman–Crippen LogP) is 2.65. The van der Waals surface area contributed by atoms with Crippen molar-refractivity contribution in [3.05, 3.63) is 29.8 Å². The first-order chi connectivity index (χ1) is 9.03. The summed E-state index contributed by atoms with van der Waals surface area (Å²) in [6.45, 7) is 2.05. The van der Waals surface area contributed by atoms with Gasteiger partial charge in [-0.15, -0.1) is 0 Å². The van der Waals surface area contributed by atoms with Gasteiger partial charge in [0.2, 0.25) is 10.0 Å². The maximum atomic E-state index is 12.2. The molecule has 19 heavy (non-hydrogen) atoms. The van der Waals surface area contributed by atoms with Gasteiger partial charge in [0.15, 0.2) is 0 Å². The lowest BCUT2D eigenvalue weighted by Gasteiger charge is -2.16. The molecule has 2 rings (SSSR count). The van der Waals surface area contributed by atoms with Crippen molar-refractivity contribution in [1.29, 1.82) is 0 Å². The van der Waals surface area contributed by atoms with Crippen molar-refractivity contribution in [2.75, 3.05) is 11.8 Å². The van der Waals surface area contributed by atoms with Crippen molar-refractivity contribution in [2.24, 2.45) is 0 Å². The molecule has 0 bridgehead atoms. The zero-order chi connectivity index (χ0) is 13.9. The van der Waals surface area contributed by atoms with Crippen molar-refractivity contribution in [3.8, 4) is 0 Å². The summed E-state index contributed by atoms with van der Waals surface area (Å²) >= 11 is 0. The molecule has 106 valence electrons. The molecule has 0 radical (unpaired) electrons. The molecule has 2 N–H and O–H groups in total. The topological polar surface area (TPSA) is 58.2 Å². The highest BCUT2D eigenvalue weighted by atomic mass is 32.2. The summed E-state index contributed by atoms with van der Waals surface area (Å²) in [6.07, 6.45) is 3.59. The number of rotatable bonds is 5. The lowest BCUT2D eigenvalue weighted by atomic mass is 10.1. The van der Waals surface area contributed by atoms with Crippen LogP contribution in [0.25, 0.3) is 0 Å². The molecule has 0 aliphatic heterocycles. The molecule has 0 aromatic heterocycles. The Morgan fingerprint density at radius 1 is 1.26 bits per heavy atom. The van der Waals surface area contributed by atoms with E-state index in [1.165, 1.54) is 0 Å². The minimum Gasteiger partial charge on any atom is -0.313 e. The summed E-state index contributed by atoms with van der Waals surface area (Å²) in [5, 5.41) is 2.92.